The normalized spacial score (nSPS) is 12.4. The summed E-state index contributed by atoms with van der Waals surface area (Å²) in [6.45, 7) is 25.4. The molecule has 14 aromatic carbocycles. The van der Waals surface area contributed by atoms with Gasteiger partial charge in [-0.2, -0.15) is 58.0 Å². The average Bonchev–Trinajstić information content (AvgIpc) is 1.54. The van der Waals surface area contributed by atoms with Crippen LogP contribution in [0.25, 0.3) is 127 Å². The third-order valence-corrected chi connectivity index (χ3v) is 25.3. The first-order valence-electron chi connectivity index (χ1n) is 46.0. The van der Waals surface area contributed by atoms with E-state index in [0.29, 0.717) is 11.3 Å². The Balaban J connectivity index is 0.000000140. The summed E-state index contributed by atoms with van der Waals surface area (Å²) in [6, 6.07) is 129. The molecule has 4 aliphatic rings. The average molecular weight is 2400 g/mol. The number of halogens is 3. The van der Waals surface area contributed by atoms with Gasteiger partial charge in [0.1, 0.15) is 18.3 Å². The van der Waals surface area contributed by atoms with Gasteiger partial charge in [0, 0.05) is 136 Å². The van der Waals surface area contributed by atoms with Crippen molar-refractivity contribution in [1.82, 2.24) is 19.4 Å². The zero-order valence-corrected chi connectivity index (χ0v) is 87.3. The van der Waals surface area contributed by atoms with Crippen molar-refractivity contribution in [2.45, 2.75) is 121 Å². The topological polar surface area (TPSA) is 129 Å². The van der Waals surface area contributed by atoms with Gasteiger partial charge in [-0.1, -0.05) is 222 Å². The van der Waals surface area contributed by atoms with Crippen molar-refractivity contribution in [3.63, 3.8) is 0 Å². The number of fused-ring (bicyclic) bond motifs is 11. The number of allylic oxidation sites excluding steroid dienone is 4. The number of alkyl halides is 3. The van der Waals surface area contributed by atoms with Gasteiger partial charge in [0.05, 0.1) is 33.7 Å². The molecular formula is C125H107F3Ir3N7O4-3. The largest absolute Gasteiger partial charge is 0.512 e. The maximum absolute atomic E-state index is 12.5. The Bertz CT molecular complexity index is 7820. The summed E-state index contributed by atoms with van der Waals surface area (Å²) in [4.78, 5) is 35.7. The summed E-state index contributed by atoms with van der Waals surface area (Å²) in [5.74, 6) is -0.125. The number of ketones is 2. The molecule has 2 aliphatic heterocycles. The first-order chi connectivity index (χ1) is 66.5. The van der Waals surface area contributed by atoms with E-state index in [0.717, 1.165) is 70.0 Å². The van der Waals surface area contributed by atoms with Crippen molar-refractivity contribution in [2.24, 2.45) is 0 Å². The molecule has 24 rings (SSSR count). The van der Waals surface area contributed by atoms with E-state index in [1.165, 1.54) is 190 Å². The number of para-hydroxylation sites is 3. The third kappa shape index (κ3) is 22.6. The summed E-state index contributed by atoms with van der Waals surface area (Å²) in [5.41, 5.74) is 32.6. The second-order valence-corrected chi connectivity index (χ2v) is 36.1. The van der Waals surface area contributed by atoms with E-state index in [1.54, 1.807) is 6.07 Å². The molecule has 0 spiro atoms. The van der Waals surface area contributed by atoms with Crippen LogP contribution in [-0.4, -0.2) is 41.1 Å². The maximum Gasteiger partial charge on any atom is 0.381 e. The van der Waals surface area contributed by atoms with Gasteiger partial charge < -0.3 is 25.1 Å². The summed E-state index contributed by atoms with van der Waals surface area (Å²) in [7, 11) is 0. The Morgan fingerprint density at radius 3 is 1.65 bits per heavy atom. The predicted molar refractivity (Wildman–Crippen MR) is 560 cm³/mol. The number of hydrogen-bond acceptors (Lipinski definition) is 8. The van der Waals surface area contributed by atoms with Crippen molar-refractivity contribution in [3.8, 4) is 67.4 Å². The van der Waals surface area contributed by atoms with Crippen LogP contribution in [0.3, 0.4) is 0 Å². The summed E-state index contributed by atoms with van der Waals surface area (Å²) < 4.78 is 44.7. The number of aromatic nitrogens is 6. The van der Waals surface area contributed by atoms with Gasteiger partial charge in [0.2, 0.25) is 5.69 Å². The van der Waals surface area contributed by atoms with Crippen LogP contribution in [0.15, 0.2) is 382 Å². The van der Waals surface area contributed by atoms with E-state index in [2.05, 4.69) is 355 Å². The van der Waals surface area contributed by atoms with Gasteiger partial charge in [0.25, 0.3) is 5.65 Å². The molecule has 0 saturated heterocycles. The molecule has 11 nitrogen and oxygen atoms in total. The number of aliphatic hydroxyl groups excluding tert-OH is 2. The number of aryl methyl sites for hydroxylation is 4. The Kier molecular flexibility index (Phi) is 33.6. The van der Waals surface area contributed by atoms with Crippen LogP contribution >= 0.6 is 0 Å². The molecule has 0 fully saturated rings. The number of imidazole rings is 1. The first kappa shape index (κ1) is 105. The van der Waals surface area contributed by atoms with Crippen LogP contribution in [0.1, 0.15) is 124 Å². The molecule has 717 valence electrons. The van der Waals surface area contributed by atoms with E-state index in [4.69, 9.17) is 10.2 Å². The zero-order chi connectivity index (χ0) is 96.7. The smallest absolute Gasteiger partial charge is 0.381 e. The van der Waals surface area contributed by atoms with Crippen molar-refractivity contribution in [1.29, 1.82) is 0 Å². The SMILES string of the molecule is C.CC(=O)C=C(C)O.CC(=O)C=C(C)O.CC1(C)c2ccc[c-]c2-c2[c-]ccc3cccc1c23.CC1(C)c2ccc[c-]c2-c2nccc3cccc1c23.Cc1ccc(-c2[c-]cccc2)nc1.Cc1ccc(C)c(-c2c[n+]3c4c5c(cccc5c5cc(C)ccc5n24)C3)c1.FC(F)(F)c1c[c-]c(-c2ccc3ccccc3n2)cc1.[Ir].[Ir].[Ir].c1ccc(N(c2ccccc2)c2cc[n+]3c(c2)-c2ccccc2C3)cc1. The number of carbonyl (C=O) groups excluding carboxylic acids is 2. The maximum atomic E-state index is 12.5. The number of benzene rings is 14. The molecule has 0 bridgehead atoms. The molecule has 0 unspecified atom stereocenters. The van der Waals surface area contributed by atoms with Crippen LogP contribution < -0.4 is 14.0 Å². The number of rotatable bonds is 8. The monoisotopic (exact) mass is 2410 g/mol. The van der Waals surface area contributed by atoms with Crippen LogP contribution in [0.4, 0.5) is 30.2 Å². The molecule has 20 aromatic rings. The van der Waals surface area contributed by atoms with Crippen LogP contribution in [0, 0.1) is 58.0 Å². The van der Waals surface area contributed by atoms with E-state index < -0.39 is 11.7 Å². The summed E-state index contributed by atoms with van der Waals surface area (Å²) in [6.07, 6.45) is 6.30. The van der Waals surface area contributed by atoms with Gasteiger partial charge in [-0.25, -0.2) is 15.7 Å². The summed E-state index contributed by atoms with van der Waals surface area (Å²) in [5, 5.41) is 27.0. The number of carbonyl (C=O) groups is 2. The molecule has 0 amide bonds. The van der Waals surface area contributed by atoms with Crippen molar-refractivity contribution >= 4 is 88.4 Å². The molecule has 3 radical (unpaired) electrons. The molecule has 2 aliphatic carbocycles. The molecular weight excluding hydrogens is 2300 g/mol. The van der Waals surface area contributed by atoms with Crippen molar-refractivity contribution < 1.29 is 102 Å². The minimum Gasteiger partial charge on any atom is -0.512 e. The molecule has 142 heavy (non-hydrogen) atoms. The van der Waals surface area contributed by atoms with Gasteiger partial charge in [-0.05, 0) is 182 Å². The van der Waals surface area contributed by atoms with Gasteiger partial charge in [-0.15, -0.1) is 124 Å². The predicted octanol–water partition coefficient (Wildman–Crippen LogP) is 30.3. The number of aliphatic hydroxyl groups is 2. The fraction of sp³-hybridized carbons (Fsp3) is 0.144. The van der Waals surface area contributed by atoms with Gasteiger partial charge >= 0.3 is 6.18 Å². The minimum absolute atomic E-state index is 0. The van der Waals surface area contributed by atoms with Crippen molar-refractivity contribution in [2.75, 3.05) is 4.90 Å². The number of pyridine rings is 5. The second-order valence-electron chi connectivity index (χ2n) is 36.1. The molecule has 0 saturated carbocycles. The number of anilines is 3. The number of nitrogens with zero attached hydrogens (tertiary/aromatic N) is 7. The van der Waals surface area contributed by atoms with Crippen molar-refractivity contribution in [3.05, 3.63) is 474 Å². The molecule has 2 N–H and O–H groups in total. The Morgan fingerprint density at radius 1 is 0.451 bits per heavy atom. The quantitative estimate of drug-likeness (QED) is 0.0506. The standard InChI is InChI=1S/C25H21N2.C24H19N2.C19H14.C18H14N.C16H9F3N.C12H10N.2C5H8O2.CH4.3Ir/c1-15-7-9-17(3)20(11-15)23-14-26-13-18-5-4-6-19-21-12-16(2)8-10-22(21)27(23)25(26)24(18)19;1-3-10-20(11-4-1)26(21-12-5-2-6-13-21)22-15-16-25-18-19-9-7-8-14-23(19)24(25)17-22;1-19(2)16-11-4-3-9-14(16)15-10-5-7-13-8-6-12-17(19)18(13)15;1-18(2)14-8-4-3-7-13(14)17-16-12(10-11-19-17)6-5-9-15(16)18;17-16(18,19)13-8-5-12(6-9-13)15-10-7-11-3-1-2-4-14(11)20-15;1-10-7-8-12(13-9-10)11-5-3-2-4-6-11;2*1-4(6)3-5(2)7;;;;/h4-12,14H,13H2,1-3H3;1-17H,18H2;3-8,11-12H,1-2H3;3-6,8-11H,1-2H3;1-5,7-10H;2-5,7-9H,1H3;2*3,6H,1-2H3;1H4;;;/q2*+1;-2;3*-1;;;;;;. The first-order valence-corrected chi connectivity index (χ1v) is 46.0. The fourth-order valence-electron chi connectivity index (χ4n) is 18.8. The Labute approximate surface area is 869 Å². The fourth-order valence-corrected chi connectivity index (χ4v) is 18.8. The molecule has 17 heteroatoms. The van der Waals surface area contributed by atoms with Crippen LogP contribution in [-0.2, 0) is 100 Å². The Morgan fingerprint density at radius 2 is 1.01 bits per heavy atom. The van der Waals surface area contributed by atoms with E-state index in [1.807, 2.05) is 98.2 Å². The molecule has 8 heterocycles. The van der Waals surface area contributed by atoms with Crippen LogP contribution in [0.5, 0.6) is 0 Å². The molecule has 0 atom stereocenters. The second kappa shape index (κ2) is 45.5. The molecule has 6 aromatic heterocycles. The third-order valence-electron chi connectivity index (χ3n) is 25.3. The Hall–Kier alpha value is -14.4. The minimum atomic E-state index is -4.34. The van der Waals surface area contributed by atoms with Gasteiger partial charge in [0.15, 0.2) is 30.0 Å². The van der Waals surface area contributed by atoms with Gasteiger partial charge in [-0.3, -0.25) is 14.6 Å². The number of hydrogen-bond donors (Lipinski definition) is 2. The van der Waals surface area contributed by atoms with E-state index >= 15 is 0 Å². The summed E-state index contributed by atoms with van der Waals surface area (Å²) >= 11 is 0. The van der Waals surface area contributed by atoms with E-state index in [9.17, 15) is 22.8 Å². The zero-order valence-electron chi connectivity index (χ0n) is 80.1. The van der Waals surface area contributed by atoms with E-state index in [-0.39, 0.29) is 102 Å². The van der Waals surface area contributed by atoms with Crippen LogP contribution in [0.2, 0.25) is 0 Å².